The third-order valence-electron chi connectivity index (χ3n) is 4.12. The van der Waals surface area contributed by atoms with E-state index < -0.39 is 6.10 Å². The van der Waals surface area contributed by atoms with Gasteiger partial charge < -0.3 is 9.63 Å². The minimum atomic E-state index is -0.743. The average Bonchev–Trinajstić information content (AvgIpc) is 3.06. The molecule has 2 aromatic heterocycles. The number of rotatable bonds is 6. The molecule has 8 heteroatoms. The van der Waals surface area contributed by atoms with E-state index in [-0.39, 0.29) is 12.1 Å². The average molecular weight is 375 g/mol. The first-order valence-electron chi connectivity index (χ1n) is 8.24. The van der Waals surface area contributed by atoms with Gasteiger partial charge in [-0.25, -0.2) is 4.68 Å². The molecule has 0 aliphatic heterocycles. The van der Waals surface area contributed by atoms with Gasteiger partial charge in [-0.15, -0.1) is 0 Å². The highest BCUT2D eigenvalue weighted by atomic mass is 35.5. The van der Waals surface area contributed by atoms with E-state index in [1.165, 1.54) is 10.9 Å². The topological polar surface area (TPSA) is 94.0 Å². The molecule has 0 aliphatic rings. The number of aryl methyl sites for hydroxylation is 2. The fourth-order valence-electron chi connectivity index (χ4n) is 2.62. The van der Waals surface area contributed by atoms with Crippen molar-refractivity contribution in [3.8, 4) is 0 Å². The van der Waals surface area contributed by atoms with E-state index >= 15 is 0 Å². The third-order valence-corrected chi connectivity index (χ3v) is 4.37. The Hall–Kier alpha value is -2.51. The van der Waals surface area contributed by atoms with Crippen LogP contribution in [0.2, 0.25) is 5.02 Å². The van der Waals surface area contributed by atoms with Crippen LogP contribution in [0, 0.1) is 6.92 Å². The monoisotopic (exact) mass is 374 g/mol. The minimum absolute atomic E-state index is 0.0910. The van der Waals surface area contributed by atoms with Crippen LogP contribution in [0.15, 0.2) is 39.8 Å². The van der Waals surface area contributed by atoms with Crippen molar-refractivity contribution < 1.29 is 9.63 Å². The van der Waals surface area contributed by atoms with Gasteiger partial charge in [-0.1, -0.05) is 28.9 Å². The van der Waals surface area contributed by atoms with Gasteiger partial charge in [0, 0.05) is 22.6 Å². The van der Waals surface area contributed by atoms with Crippen LogP contribution in [-0.2, 0) is 19.4 Å². The van der Waals surface area contributed by atoms with Crippen molar-refractivity contribution in [1.29, 1.82) is 0 Å². The molecule has 7 nitrogen and oxygen atoms in total. The Morgan fingerprint density at radius 2 is 2.00 bits per heavy atom. The molecular formula is C18H19ClN4O3. The quantitative estimate of drug-likeness (QED) is 0.712. The summed E-state index contributed by atoms with van der Waals surface area (Å²) in [6.07, 6.45) is 2.12. The number of aromatic nitrogens is 4. The summed E-state index contributed by atoms with van der Waals surface area (Å²) in [6.45, 7) is 3.35. The van der Waals surface area contributed by atoms with Crippen molar-refractivity contribution >= 4 is 11.6 Å². The number of benzene rings is 1. The summed E-state index contributed by atoms with van der Waals surface area (Å²) in [5.74, 6) is 0.884. The fraction of sp³-hybridized carbons (Fsp3) is 0.333. The van der Waals surface area contributed by atoms with E-state index in [1.54, 1.807) is 13.8 Å². The number of aliphatic hydroxyl groups is 1. The molecule has 3 rings (SSSR count). The summed E-state index contributed by atoms with van der Waals surface area (Å²) in [5, 5.41) is 18.4. The number of aliphatic hydroxyl groups excluding tert-OH is 1. The Labute approximate surface area is 155 Å². The van der Waals surface area contributed by atoms with Crippen molar-refractivity contribution in [3.05, 3.63) is 74.2 Å². The Morgan fingerprint density at radius 3 is 2.69 bits per heavy atom. The second-order valence-electron chi connectivity index (χ2n) is 6.09. The summed E-state index contributed by atoms with van der Waals surface area (Å²) in [4.78, 5) is 16.6. The van der Waals surface area contributed by atoms with E-state index in [0.717, 1.165) is 12.0 Å². The lowest BCUT2D eigenvalue weighted by Gasteiger charge is -2.09. The van der Waals surface area contributed by atoms with Crippen molar-refractivity contribution in [2.45, 2.75) is 39.3 Å². The summed E-state index contributed by atoms with van der Waals surface area (Å²) < 4.78 is 6.47. The Kier molecular flexibility index (Phi) is 5.49. The van der Waals surface area contributed by atoms with E-state index in [1.807, 2.05) is 24.3 Å². The van der Waals surface area contributed by atoms with E-state index in [4.69, 9.17) is 16.1 Å². The molecular weight excluding hydrogens is 356 g/mol. The lowest BCUT2D eigenvalue weighted by molar-refractivity contribution is 0.197. The maximum Gasteiger partial charge on any atom is 0.270 e. The molecule has 1 N–H and O–H groups in total. The van der Waals surface area contributed by atoms with Crippen LogP contribution in [0.3, 0.4) is 0 Å². The lowest BCUT2D eigenvalue weighted by atomic mass is 10.1. The van der Waals surface area contributed by atoms with Crippen molar-refractivity contribution in [3.63, 3.8) is 0 Å². The molecule has 0 fully saturated rings. The molecule has 0 unspecified atom stereocenters. The molecule has 0 spiro atoms. The van der Waals surface area contributed by atoms with Crippen LogP contribution in [0.1, 0.15) is 41.4 Å². The second-order valence-corrected chi connectivity index (χ2v) is 6.53. The summed E-state index contributed by atoms with van der Waals surface area (Å²) >= 11 is 5.87. The van der Waals surface area contributed by atoms with Gasteiger partial charge in [0.05, 0.1) is 12.3 Å². The predicted octanol–water partition coefficient (Wildman–Crippen LogP) is 2.47. The minimum Gasteiger partial charge on any atom is -0.389 e. The van der Waals surface area contributed by atoms with Gasteiger partial charge in [0.2, 0.25) is 5.89 Å². The van der Waals surface area contributed by atoms with E-state index in [9.17, 15) is 9.90 Å². The molecule has 136 valence electrons. The van der Waals surface area contributed by atoms with Gasteiger partial charge in [0.25, 0.3) is 5.56 Å². The standard InChI is InChI=1S/C18H19ClN4O3/c1-11-15(12(2)24)9-20-23(18(11)25)10-17-21-16(22-26-17)8-5-13-3-6-14(19)7-4-13/h3-4,6-7,9,12,24H,5,8,10H2,1-2H3/t12-/m1/s1. The van der Waals surface area contributed by atoms with Crippen LogP contribution in [-0.4, -0.2) is 25.0 Å². The number of hydrogen-bond acceptors (Lipinski definition) is 6. The van der Waals surface area contributed by atoms with E-state index in [0.29, 0.717) is 34.3 Å². The second kappa shape index (κ2) is 7.80. The molecule has 3 aromatic rings. The van der Waals surface area contributed by atoms with Gasteiger partial charge in [-0.2, -0.15) is 10.1 Å². The summed E-state index contributed by atoms with van der Waals surface area (Å²) in [6, 6.07) is 7.60. The highest BCUT2D eigenvalue weighted by Gasteiger charge is 2.14. The number of halogens is 1. The van der Waals surface area contributed by atoms with Crippen LogP contribution in [0.5, 0.6) is 0 Å². The smallest absolute Gasteiger partial charge is 0.270 e. The van der Waals surface area contributed by atoms with Crippen LogP contribution in [0.25, 0.3) is 0 Å². The zero-order valence-electron chi connectivity index (χ0n) is 14.5. The molecule has 0 amide bonds. The van der Waals surface area contributed by atoms with Crippen molar-refractivity contribution in [2.24, 2.45) is 0 Å². The van der Waals surface area contributed by atoms with Gasteiger partial charge in [0.15, 0.2) is 5.82 Å². The van der Waals surface area contributed by atoms with Crippen molar-refractivity contribution in [2.75, 3.05) is 0 Å². The summed E-state index contributed by atoms with van der Waals surface area (Å²) in [5.41, 5.74) is 1.81. The predicted molar refractivity (Wildman–Crippen MR) is 96.1 cm³/mol. The van der Waals surface area contributed by atoms with Gasteiger partial charge in [-0.3, -0.25) is 4.79 Å². The number of nitrogens with zero attached hydrogens (tertiary/aromatic N) is 4. The Bertz CT molecular complexity index is 948. The zero-order valence-corrected chi connectivity index (χ0v) is 15.3. The normalized spacial score (nSPS) is 12.3. The molecule has 26 heavy (non-hydrogen) atoms. The van der Waals surface area contributed by atoms with Crippen LogP contribution >= 0.6 is 11.6 Å². The summed E-state index contributed by atoms with van der Waals surface area (Å²) in [7, 11) is 0. The molecule has 0 saturated heterocycles. The zero-order chi connectivity index (χ0) is 18.7. The first-order chi connectivity index (χ1) is 12.4. The highest BCUT2D eigenvalue weighted by Crippen LogP contribution is 2.13. The Morgan fingerprint density at radius 1 is 1.27 bits per heavy atom. The first kappa shape index (κ1) is 18.3. The maximum absolute atomic E-state index is 12.3. The molecule has 2 heterocycles. The van der Waals surface area contributed by atoms with Gasteiger partial charge in [0.1, 0.15) is 6.54 Å². The van der Waals surface area contributed by atoms with Gasteiger partial charge in [-0.05, 0) is 38.0 Å². The molecule has 0 radical (unpaired) electrons. The Balaban J connectivity index is 1.68. The molecule has 0 aliphatic carbocycles. The van der Waals surface area contributed by atoms with E-state index in [2.05, 4.69) is 15.2 Å². The molecule has 0 saturated carbocycles. The van der Waals surface area contributed by atoms with Gasteiger partial charge >= 0.3 is 0 Å². The van der Waals surface area contributed by atoms with Crippen LogP contribution < -0.4 is 5.56 Å². The largest absolute Gasteiger partial charge is 0.389 e. The maximum atomic E-state index is 12.3. The third kappa shape index (κ3) is 4.17. The number of hydrogen-bond donors (Lipinski definition) is 1. The fourth-order valence-corrected chi connectivity index (χ4v) is 2.75. The van der Waals surface area contributed by atoms with Crippen LogP contribution in [0.4, 0.5) is 0 Å². The lowest BCUT2D eigenvalue weighted by Crippen LogP contribution is -2.27. The first-order valence-corrected chi connectivity index (χ1v) is 8.62. The molecule has 1 atom stereocenters. The molecule has 1 aromatic carbocycles. The highest BCUT2D eigenvalue weighted by molar-refractivity contribution is 6.30. The molecule has 0 bridgehead atoms. The van der Waals surface area contributed by atoms with Crippen molar-refractivity contribution in [1.82, 2.24) is 19.9 Å². The SMILES string of the molecule is Cc1c([C@@H](C)O)cnn(Cc2nc(CCc3ccc(Cl)cc3)no2)c1=O.